The van der Waals surface area contributed by atoms with Crippen molar-refractivity contribution in [2.45, 2.75) is 6.92 Å². The maximum atomic E-state index is 6.29. The summed E-state index contributed by atoms with van der Waals surface area (Å²) in [6, 6.07) is 18.1. The van der Waals surface area contributed by atoms with Gasteiger partial charge in [-0.2, -0.15) is 4.98 Å². The highest BCUT2D eigenvalue weighted by Gasteiger charge is 2.18. The van der Waals surface area contributed by atoms with Crippen LogP contribution in [-0.4, -0.2) is 48.1 Å². The molecule has 3 aromatic rings. The van der Waals surface area contributed by atoms with E-state index in [1.165, 1.54) is 0 Å². The summed E-state index contributed by atoms with van der Waals surface area (Å²) < 4.78 is 0. The number of nitrogens with one attached hydrogen (secondary N) is 1. The zero-order valence-corrected chi connectivity index (χ0v) is 16.9. The van der Waals surface area contributed by atoms with E-state index < -0.39 is 0 Å². The highest BCUT2D eigenvalue weighted by Crippen LogP contribution is 2.29. The second-order valence-electron chi connectivity index (χ2n) is 7.13. The number of hydrogen-bond acceptors (Lipinski definition) is 5. The number of anilines is 3. The number of likely N-dealkylation sites (N-methyl/N-ethyl adjacent to an activating group) is 1. The Labute approximate surface area is 171 Å². The molecule has 1 N–H and O–H groups in total. The van der Waals surface area contributed by atoms with Gasteiger partial charge in [0.15, 0.2) is 0 Å². The average Bonchev–Trinajstić information content (AvgIpc) is 2.72. The van der Waals surface area contributed by atoms with Crippen molar-refractivity contribution in [1.82, 2.24) is 14.9 Å². The minimum Gasteiger partial charge on any atom is -0.340 e. The molecule has 1 aliphatic heterocycles. The third-order valence-electron chi connectivity index (χ3n) is 5.10. The van der Waals surface area contributed by atoms with Crippen LogP contribution in [-0.2, 0) is 0 Å². The first-order chi connectivity index (χ1) is 13.6. The number of piperazine rings is 1. The average molecular weight is 394 g/mol. The molecular formula is C22H24ClN5. The summed E-state index contributed by atoms with van der Waals surface area (Å²) in [6.45, 7) is 5.87. The molecule has 0 amide bonds. The summed E-state index contributed by atoms with van der Waals surface area (Å²) in [5.41, 5.74) is 3.94. The molecule has 2 aromatic carbocycles. The van der Waals surface area contributed by atoms with E-state index in [0.717, 1.165) is 65.5 Å². The molecular weight excluding hydrogens is 370 g/mol. The first kappa shape index (κ1) is 18.7. The van der Waals surface area contributed by atoms with Gasteiger partial charge >= 0.3 is 0 Å². The summed E-state index contributed by atoms with van der Waals surface area (Å²) in [4.78, 5) is 14.3. The first-order valence-electron chi connectivity index (χ1n) is 9.50. The smallest absolute Gasteiger partial charge is 0.227 e. The van der Waals surface area contributed by atoms with Gasteiger partial charge in [-0.05, 0) is 31.7 Å². The van der Waals surface area contributed by atoms with Crippen molar-refractivity contribution in [2.24, 2.45) is 0 Å². The Morgan fingerprint density at radius 1 is 0.929 bits per heavy atom. The lowest BCUT2D eigenvalue weighted by atomic mass is 10.1. The van der Waals surface area contributed by atoms with Gasteiger partial charge in [0.25, 0.3) is 0 Å². The molecule has 1 saturated heterocycles. The molecule has 0 spiro atoms. The van der Waals surface area contributed by atoms with Gasteiger partial charge in [-0.3, -0.25) is 0 Å². The minimum absolute atomic E-state index is 0.738. The number of aromatic nitrogens is 2. The number of hydrogen-bond donors (Lipinski definition) is 1. The maximum absolute atomic E-state index is 6.29. The zero-order valence-electron chi connectivity index (χ0n) is 16.2. The van der Waals surface area contributed by atoms with Crippen LogP contribution in [0.3, 0.4) is 0 Å². The van der Waals surface area contributed by atoms with Crippen LogP contribution in [0.25, 0.3) is 11.3 Å². The second-order valence-corrected chi connectivity index (χ2v) is 7.54. The van der Waals surface area contributed by atoms with E-state index >= 15 is 0 Å². The largest absolute Gasteiger partial charge is 0.340 e. The van der Waals surface area contributed by atoms with Gasteiger partial charge in [0.05, 0.1) is 5.69 Å². The van der Waals surface area contributed by atoms with Crippen LogP contribution in [0.5, 0.6) is 0 Å². The normalized spacial score (nSPS) is 14.9. The van der Waals surface area contributed by atoms with Crippen molar-refractivity contribution < 1.29 is 0 Å². The Bertz CT molecular complexity index is 952. The van der Waals surface area contributed by atoms with E-state index in [4.69, 9.17) is 21.6 Å². The molecule has 2 heterocycles. The second kappa shape index (κ2) is 8.17. The van der Waals surface area contributed by atoms with E-state index in [1.54, 1.807) is 0 Å². The van der Waals surface area contributed by atoms with Gasteiger partial charge in [-0.15, -0.1) is 0 Å². The van der Waals surface area contributed by atoms with Gasteiger partial charge < -0.3 is 15.1 Å². The van der Waals surface area contributed by atoms with E-state index in [1.807, 2.05) is 49.4 Å². The summed E-state index contributed by atoms with van der Waals surface area (Å²) in [5.74, 6) is 1.53. The molecule has 1 aromatic heterocycles. The van der Waals surface area contributed by atoms with Crippen LogP contribution in [0.15, 0.2) is 54.6 Å². The van der Waals surface area contributed by atoms with Crippen molar-refractivity contribution in [3.63, 3.8) is 0 Å². The summed E-state index contributed by atoms with van der Waals surface area (Å²) in [6.07, 6.45) is 0. The standard InChI is InChI=1S/C22H24ClN5/c1-16-18(23)9-6-10-19(16)24-21-15-20(17-7-4-3-5-8-17)25-22(26-21)28-13-11-27(2)12-14-28/h3-10,15H,11-14H2,1-2H3,(H,24,25,26). The molecule has 1 aliphatic rings. The molecule has 0 bridgehead atoms. The zero-order chi connectivity index (χ0) is 19.5. The SMILES string of the molecule is Cc1c(Cl)cccc1Nc1cc(-c2ccccc2)nc(N2CCN(C)CC2)n1. The fourth-order valence-electron chi connectivity index (χ4n) is 3.28. The van der Waals surface area contributed by atoms with Crippen molar-refractivity contribution in [2.75, 3.05) is 43.4 Å². The van der Waals surface area contributed by atoms with E-state index in [2.05, 4.69) is 34.3 Å². The predicted molar refractivity (Wildman–Crippen MR) is 117 cm³/mol. The van der Waals surface area contributed by atoms with Crippen LogP contribution in [0.1, 0.15) is 5.56 Å². The Balaban J connectivity index is 1.72. The van der Waals surface area contributed by atoms with Crippen LogP contribution >= 0.6 is 11.6 Å². The lowest BCUT2D eigenvalue weighted by Gasteiger charge is -2.32. The van der Waals surface area contributed by atoms with E-state index in [9.17, 15) is 0 Å². The number of benzene rings is 2. The Morgan fingerprint density at radius 3 is 2.43 bits per heavy atom. The molecule has 0 radical (unpaired) electrons. The lowest BCUT2D eigenvalue weighted by molar-refractivity contribution is 0.311. The highest BCUT2D eigenvalue weighted by molar-refractivity contribution is 6.31. The van der Waals surface area contributed by atoms with Gasteiger partial charge in [-0.25, -0.2) is 4.98 Å². The molecule has 144 valence electrons. The van der Waals surface area contributed by atoms with Gasteiger partial charge in [-0.1, -0.05) is 48.0 Å². The Kier molecular flexibility index (Phi) is 5.46. The fourth-order valence-corrected chi connectivity index (χ4v) is 3.46. The summed E-state index contributed by atoms with van der Waals surface area (Å²) in [7, 11) is 2.15. The first-order valence-corrected chi connectivity index (χ1v) is 9.88. The summed E-state index contributed by atoms with van der Waals surface area (Å²) >= 11 is 6.29. The monoisotopic (exact) mass is 393 g/mol. The molecule has 0 aliphatic carbocycles. The van der Waals surface area contributed by atoms with Crippen LogP contribution in [0.2, 0.25) is 5.02 Å². The van der Waals surface area contributed by atoms with Crippen LogP contribution in [0, 0.1) is 6.92 Å². The summed E-state index contributed by atoms with van der Waals surface area (Å²) in [5, 5.41) is 4.18. The van der Waals surface area contributed by atoms with Crippen molar-refractivity contribution >= 4 is 29.1 Å². The Morgan fingerprint density at radius 2 is 1.68 bits per heavy atom. The number of nitrogens with zero attached hydrogens (tertiary/aromatic N) is 4. The number of rotatable bonds is 4. The molecule has 6 heteroatoms. The minimum atomic E-state index is 0.738. The van der Waals surface area contributed by atoms with Crippen molar-refractivity contribution in [3.8, 4) is 11.3 Å². The van der Waals surface area contributed by atoms with Gasteiger partial charge in [0, 0.05) is 48.5 Å². The predicted octanol–water partition coefficient (Wildman–Crippen LogP) is 4.60. The molecule has 4 rings (SSSR count). The van der Waals surface area contributed by atoms with Crippen LogP contribution in [0.4, 0.5) is 17.5 Å². The van der Waals surface area contributed by atoms with Gasteiger partial charge in [0.2, 0.25) is 5.95 Å². The quantitative estimate of drug-likeness (QED) is 0.701. The molecule has 0 saturated carbocycles. The lowest BCUT2D eigenvalue weighted by Crippen LogP contribution is -2.45. The third kappa shape index (κ3) is 4.11. The van der Waals surface area contributed by atoms with E-state index in [0.29, 0.717) is 0 Å². The van der Waals surface area contributed by atoms with Crippen molar-refractivity contribution in [1.29, 1.82) is 0 Å². The molecule has 1 fully saturated rings. The molecule has 0 atom stereocenters. The molecule has 28 heavy (non-hydrogen) atoms. The van der Waals surface area contributed by atoms with Crippen molar-refractivity contribution in [3.05, 3.63) is 65.2 Å². The topological polar surface area (TPSA) is 44.3 Å². The highest BCUT2D eigenvalue weighted by atomic mass is 35.5. The fraction of sp³-hybridized carbons (Fsp3) is 0.273. The van der Waals surface area contributed by atoms with Crippen LogP contribution < -0.4 is 10.2 Å². The maximum Gasteiger partial charge on any atom is 0.227 e. The molecule has 5 nitrogen and oxygen atoms in total. The number of halogens is 1. The molecule has 0 unspecified atom stereocenters. The third-order valence-corrected chi connectivity index (χ3v) is 5.51. The van der Waals surface area contributed by atoms with E-state index in [-0.39, 0.29) is 0 Å². The Hall–Kier alpha value is -2.63. The van der Waals surface area contributed by atoms with Gasteiger partial charge in [0.1, 0.15) is 5.82 Å².